The normalized spacial score (nSPS) is 22.2. The maximum atomic E-state index is 6.71. The van der Waals surface area contributed by atoms with Crippen LogP contribution in [0.5, 0.6) is 11.5 Å². The first-order valence-electron chi connectivity index (χ1n) is 11.5. The lowest BCUT2D eigenvalue weighted by molar-refractivity contribution is 0.0774. The third kappa shape index (κ3) is 4.62. The van der Waals surface area contributed by atoms with Crippen LogP contribution >= 0.6 is 0 Å². The molecular formula is C28H31NO2. The summed E-state index contributed by atoms with van der Waals surface area (Å²) in [6, 6.07) is 27.7. The molecule has 1 saturated heterocycles. The number of nitrogens with zero attached hydrogens (tertiary/aromatic N) is 1. The van der Waals surface area contributed by atoms with Gasteiger partial charge in [-0.2, -0.15) is 0 Å². The lowest BCUT2D eigenvalue weighted by Gasteiger charge is -2.35. The Labute approximate surface area is 185 Å². The first-order valence-corrected chi connectivity index (χ1v) is 11.5. The van der Waals surface area contributed by atoms with Crippen LogP contribution in [0.25, 0.3) is 0 Å². The van der Waals surface area contributed by atoms with Gasteiger partial charge in [0.25, 0.3) is 0 Å². The van der Waals surface area contributed by atoms with E-state index in [9.17, 15) is 0 Å². The summed E-state index contributed by atoms with van der Waals surface area (Å²) in [5.41, 5.74) is 3.84. The summed E-state index contributed by atoms with van der Waals surface area (Å²) in [6.07, 6.45) is 3.48. The zero-order valence-corrected chi connectivity index (χ0v) is 18.2. The molecule has 1 fully saturated rings. The molecule has 3 heteroatoms. The van der Waals surface area contributed by atoms with Gasteiger partial charge in [0.15, 0.2) is 0 Å². The molecule has 3 atom stereocenters. The minimum Gasteiger partial charge on any atom is -0.493 e. The van der Waals surface area contributed by atoms with Gasteiger partial charge in [-0.3, -0.25) is 0 Å². The van der Waals surface area contributed by atoms with Gasteiger partial charge in [0.2, 0.25) is 0 Å². The van der Waals surface area contributed by atoms with E-state index in [1.54, 1.807) is 0 Å². The first-order chi connectivity index (χ1) is 15.3. The van der Waals surface area contributed by atoms with Crippen LogP contribution in [0.3, 0.4) is 0 Å². The average molecular weight is 414 g/mol. The van der Waals surface area contributed by atoms with Crippen LogP contribution in [0.15, 0.2) is 78.9 Å². The van der Waals surface area contributed by atoms with Crippen molar-refractivity contribution in [3.05, 3.63) is 95.6 Å². The molecule has 3 nitrogen and oxygen atoms in total. The number of benzene rings is 3. The molecule has 0 bridgehead atoms. The second-order valence-electron chi connectivity index (χ2n) is 9.01. The molecule has 0 spiro atoms. The molecule has 0 N–H and O–H groups in total. The Kier molecular flexibility index (Phi) is 5.95. The molecular weight excluding hydrogens is 382 g/mol. The van der Waals surface area contributed by atoms with Crippen molar-refractivity contribution in [1.29, 1.82) is 0 Å². The minimum atomic E-state index is 0.0661. The molecule has 2 heterocycles. The summed E-state index contributed by atoms with van der Waals surface area (Å²) in [5.74, 6) is 2.82. The van der Waals surface area contributed by atoms with Gasteiger partial charge in [0.1, 0.15) is 17.6 Å². The highest BCUT2D eigenvalue weighted by molar-refractivity contribution is 5.43. The van der Waals surface area contributed by atoms with Crippen molar-refractivity contribution in [2.24, 2.45) is 5.92 Å². The van der Waals surface area contributed by atoms with Crippen molar-refractivity contribution < 1.29 is 9.47 Å². The summed E-state index contributed by atoms with van der Waals surface area (Å²) in [6.45, 7) is 2.98. The van der Waals surface area contributed by atoms with Gasteiger partial charge in [-0.25, -0.2) is 0 Å². The predicted octanol–water partition coefficient (Wildman–Crippen LogP) is 5.87. The molecule has 160 valence electrons. The van der Waals surface area contributed by atoms with Crippen LogP contribution in [0.4, 0.5) is 0 Å². The molecule has 0 aliphatic carbocycles. The Morgan fingerprint density at radius 2 is 1.74 bits per heavy atom. The number of piperidine rings is 1. The quantitative estimate of drug-likeness (QED) is 0.522. The molecule has 0 aromatic heterocycles. The number of hydrogen-bond acceptors (Lipinski definition) is 3. The summed E-state index contributed by atoms with van der Waals surface area (Å²) in [4.78, 5) is 2.43. The minimum absolute atomic E-state index is 0.0661. The van der Waals surface area contributed by atoms with Crippen molar-refractivity contribution in [3.8, 4) is 11.5 Å². The lowest BCUT2D eigenvalue weighted by atomic mass is 9.88. The van der Waals surface area contributed by atoms with Crippen LogP contribution in [0.2, 0.25) is 0 Å². The van der Waals surface area contributed by atoms with Crippen LogP contribution in [0, 0.1) is 5.92 Å². The van der Waals surface area contributed by atoms with Gasteiger partial charge >= 0.3 is 0 Å². The lowest BCUT2D eigenvalue weighted by Crippen LogP contribution is -2.36. The Morgan fingerprint density at radius 3 is 2.52 bits per heavy atom. The number of rotatable bonds is 5. The molecule has 0 amide bonds. The summed E-state index contributed by atoms with van der Waals surface area (Å²) in [7, 11) is 2.22. The number of ether oxygens (including phenoxy) is 2. The highest BCUT2D eigenvalue weighted by atomic mass is 16.5. The van der Waals surface area contributed by atoms with Crippen molar-refractivity contribution in [1.82, 2.24) is 4.90 Å². The van der Waals surface area contributed by atoms with Gasteiger partial charge < -0.3 is 14.4 Å². The third-order valence-electron chi connectivity index (χ3n) is 6.69. The molecule has 2 aliphatic heterocycles. The van der Waals surface area contributed by atoms with Gasteiger partial charge in [-0.15, -0.1) is 0 Å². The Bertz CT molecular complexity index is 988. The standard InChI is InChI=1S/C28H31NO2/c1-29-16-8-13-23(19-29)28(22-11-6-3-7-12-22)31-26-14-15-27-24(18-26)17-25(20-30-27)21-9-4-2-5-10-21/h2-7,9-12,14-15,18,23,25,28H,8,13,16-17,19-20H2,1H3. The van der Waals surface area contributed by atoms with E-state index in [2.05, 4.69) is 90.8 Å². The maximum Gasteiger partial charge on any atom is 0.128 e. The summed E-state index contributed by atoms with van der Waals surface area (Å²) >= 11 is 0. The molecule has 2 aliphatic rings. The summed E-state index contributed by atoms with van der Waals surface area (Å²) in [5, 5.41) is 0. The Balaban J connectivity index is 1.39. The number of likely N-dealkylation sites (tertiary alicyclic amines) is 1. The third-order valence-corrected chi connectivity index (χ3v) is 6.69. The van der Waals surface area contributed by atoms with Gasteiger partial charge in [-0.1, -0.05) is 60.7 Å². The Hall–Kier alpha value is -2.78. The predicted molar refractivity (Wildman–Crippen MR) is 125 cm³/mol. The SMILES string of the molecule is CN1CCCC(C(Oc2ccc3c(c2)CC(c2ccccc2)CO3)c2ccccc2)C1. The molecule has 0 saturated carbocycles. The summed E-state index contributed by atoms with van der Waals surface area (Å²) < 4.78 is 12.8. The number of fused-ring (bicyclic) bond motifs is 1. The van der Waals surface area contributed by atoms with Crippen LogP contribution in [-0.4, -0.2) is 31.6 Å². The van der Waals surface area contributed by atoms with Crippen LogP contribution in [-0.2, 0) is 6.42 Å². The fraction of sp³-hybridized carbons (Fsp3) is 0.357. The molecule has 5 rings (SSSR count). The largest absolute Gasteiger partial charge is 0.493 e. The van der Waals surface area contributed by atoms with E-state index in [1.165, 1.54) is 36.1 Å². The fourth-order valence-corrected chi connectivity index (χ4v) is 5.06. The fourth-order valence-electron chi connectivity index (χ4n) is 5.06. The number of hydrogen-bond donors (Lipinski definition) is 0. The monoisotopic (exact) mass is 413 g/mol. The zero-order valence-electron chi connectivity index (χ0n) is 18.2. The van der Waals surface area contributed by atoms with E-state index in [0.717, 1.165) is 31.1 Å². The topological polar surface area (TPSA) is 21.7 Å². The van der Waals surface area contributed by atoms with E-state index in [4.69, 9.17) is 9.47 Å². The highest BCUT2D eigenvalue weighted by Crippen LogP contribution is 2.38. The molecule has 3 unspecified atom stereocenters. The second kappa shape index (κ2) is 9.15. The van der Waals surface area contributed by atoms with E-state index in [1.807, 2.05) is 0 Å². The second-order valence-corrected chi connectivity index (χ2v) is 9.01. The van der Waals surface area contributed by atoms with E-state index in [-0.39, 0.29) is 6.10 Å². The Morgan fingerprint density at radius 1 is 0.968 bits per heavy atom. The highest BCUT2D eigenvalue weighted by Gasteiger charge is 2.29. The molecule has 3 aromatic rings. The molecule has 0 radical (unpaired) electrons. The van der Waals surface area contributed by atoms with Crippen LogP contribution in [0.1, 0.15) is 41.6 Å². The van der Waals surface area contributed by atoms with Crippen molar-refractivity contribution in [2.75, 3.05) is 26.7 Å². The van der Waals surface area contributed by atoms with Gasteiger partial charge in [0, 0.05) is 18.4 Å². The van der Waals surface area contributed by atoms with E-state index >= 15 is 0 Å². The van der Waals surface area contributed by atoms with Crippen LogP contribution < -0.4 is 9.47 Å². The molecule has 3 aromatic carbocycles. The van der Waals surface area contributed by atoms with Crippen molar-refractivity contribution >= 4 is 0 Å². The average Bonchev–Trinajstić information content (AvgIpc) is 2.83. The smallest absolute Gasteiger partial charge is 0.128 e. The maximum absolute atomic E-state index is 6.71. The van der Waals surface area contributed by atoms with E-state index in [0.29, 0.717) is 11.8 Å². The van der Waals surface area contributed by atoms with Crippen molar-refractivity contribution in [2.45, 2.75) is 31.3 Å². The van der Waals surface area contributed by atoms with E-state index < -0.39 is 0 Å². The first kappa shape index (κ1) is 20.1. The van der Waals surface area contributed by atoms with Gasteiger partial charge in [-0.05, 0) is 67.7 Å². The molecule has 31 heavy (non-hydrogen) atoms. The van der Waals surface area contributed by atoms with Gasteiger partial charge in [0.05, 0.1) is 6.61 Å². The zero-order chi connectivity index (χ0) is 21.0. The van der Waals surface area contributed by atoms with Crippen molar-refractivity contribution in [3.63, 3.8) is 0 Å².